The molecular formula is C28H37NO4S. The second-order valence-electron chi connectivity index (χ2n) is 11.4. The van der Waals surface area contributed by atoms with Crippen LogP contribution in [0.25, 0.3) is 0 Å². The van der Waals surface area contributed by atoms with Crippen LogP contribution in [0, 0.1) is 5.41 Å². The van der Waals surface area contributed by atoms with Crippen molar-refractivity contribution in [1.29, 1.82) is 0 Å². The molecule has 1 aliphatic heterocycles. The van der Waals surface area contributed by atoms with E-state index in [9.17, 15) is 13.2 Å². The second-order valence-corrected chi connectivity index (χ2v) is 13.6. The first-order valence-electron chi connectivity index (χ1n) is 12.3. The van der Waals surface area contributed by atoms with Crippen LogP contribution in [-0.4, -0.2) is 27.5 Å². The first kappa shape index (κ1) is 24.8. The summed E-state index contributed by atoms with van der Waals surface area (Å²) < 4.78 is 33.4. The molecule has 2 aromatic carbocycles. The molecule has 0 spiro atoms. The van der Waals surface area contributed by atoms with Crippen molar-refractivity contribution in [2.24, 2.45) is 5.41 Å². The quantitative estimate of drug-likeness (QED) is 0.535. The van der Waals surface area contributed by atoms with Gasteiger partial charge in [0.15, 0.2) is 9.84 Å². The van der Waals surface area contributed by atoms with Gasteiger partial charge in [0.1, 0.15) is 17.1 Å². The van der Waals surface area contributed by atoms with Gasteiger partial charge in [0.25, 0.3) is 0 Å². The Morgan fingerprint density at radius 1 is 1.00 bits per heavy atom. The summed E-state index contributed by atoms with van der Waals surface area (Å²) in [6.45, 7) is 12.9. The molecule has 6 heteroatoms. The lowest BCUT2D eigenvalue weighted by Crippen LogP contribution is -2.42. The number of carbonyl (C=O) groups excluding carboxylic acids is 1. The second kappa shape index (κ2) is 8.40. The molecule has 1 fully saturated rings. The number of hydrogen-bond donors (Lipinski definition) is 0. The van der Waals surface area contributed by atoms with Gasteiger partial charge in [-0.3, -0.25) is 4.79 Å². The van der Waals surface area contributed by atoms with E-state index in [4.69, 9.17) is 4.74 Å². The molecule has 0 aromatic heterocycles. The third-order valence-electron chi connectivity index (χ3n) is 7.46. The van der Waals surface area contributed by atoms with Gasteiger partial charge < -0.3 is 9.64 Å². The molecule has 2 aliphatic rings. The highest BCUT2D eigenvalue weighted by molar-refractivity contribution is 7.92. The molecule has 0 N–H and O–H groups in total. The van der Waals surface area contributed by atoms with Crippen LogP contribution in [0.5, 0.6) is 5.75 Å². The lowest BCUT2D eigenvalue weighted by atomic mass is 9.87. The average Bonchev–Trinajstić information content (AvgIpc) is 3.27. The maximum absolute atomic E-state index is 14.1. The molecule has 1 aliphatic carbocycles. The SMILES string of the molecule is CCN1C(=O)C(C)(C)COc2cc(C3(S(=O)(=O)c4ccc(C(C)(C)C)cc4)CCCC3)ccc21. The fourth-order valence-corrected chi connectivity index (χ4v) is 7.47. The molecule has 34 heavy (non-hydrogen) atoms. The van der Waals surface area contributed by atoms with E-state index in [1.165, 1.54) is 0 Å². The van der Waals surface area contributed by atoms with E-state index in [-0.39, 0.29) is 17.9 Å². The van der Waals surface area contributed by atoms with Gasteiger partial charge in [-0.2, -0.15) is 0 Å². The van der Waals surface area contributed by atoms with Gasteiger partial charge in [0.2, 0.25) is 5.91 Å². The van der Waals surface area contributed by atoms with Crippen LogP contribution >= 0.6 is 0 Å². The molecule has 5 nitrogen and oxygen atoms in total. The summed E-state index contributed by atoms with van der Waals surface area (Å²) in [6, 6.07) is 13.0. The average molecular weight is 484 g/mol. The number of hydrogen-bond acceptors (Lipinski definition) is 4. The normalized spacial score (nSPS) is 19.9. The molecule has 1 heterocycles. The minimum atomic E-state index is -3.64. The zero-order valence-electron chi connectivity index (χ0n) is 21.3. The van der Waals surface area contributed by atoms with Crippen molar-refractivity contribution in [2.75, 3.05) is 18.1 Å². The van der Waals surface area contributed by atoms with E-state index in [1.54, 1.807) is 17.0 Å². The van der Waals surface area contributed by atoms with E-state index in [0.717, 1.165) is 24.0 Å². The monoisotopic (exact) mass is 483 g/mol. The molecule has 0 bridgehead atoms. The summed E-state index contributed by atoms with van der Waals surface area (Å²) in [5.41, 5.74) is 1.88. The Hall–Kier alpha value is -2.34. The molecule has 0 saturated heterocycles. The molecule has 184 valence electrons. The number of carbonyl (C=O) groups is 1. The number of benzene rings is 2. The van der Waals surface area contributed by atoms with Gasteiger partial charge in [-0.15, -0.1) is 0 Å². The maximum atomic E-state index is 14.1. The molecular weight excluding hydrogens is 446 g/mol. The third-order valence-corrected chi connectivity index (χ3v) is 10.0. The summed E-state index contributed by atoms with van der Waals surface area (Å²) in [7, 11) is -3.64. The predicted octanol–water partition coefficient (Wildman–Crippen LogP) is 6.00. The predicted molar refractivity (Wildman–Crippen MR) is 136 cm³/mol. The molecule has 2 aromatic rings. The van der Waals surface area contributed by atoms with Crippen molar-refractivity contribution in [3.05, 3.63) is 53.6 Å². The maximum Gasteiger partial charge on any atom is 0.236 e. The highest BCUT2D eigenvalue weighted by Crippen LogP contribution is 2.50. The Bertz CT molecular complexity index is 1180. The Kier molecular flexibility index (Phi) is 6.12. The van der Waals surface area contributed by atoms with Gasteiger partial charge in [-0.1, -0.05) is 51.8 Å². The first-order valence-corrected chi connectivity index (χ1v) is 13.8. The summed E-state index contributed by atoms with van der Waals surface area (Å²) in [5, 5.41) is 0. The van der Waals surface area contributed by atoms with Crippen LogP contribution in [0.4, 0.5) is 5.69 Å². The van der Waals surface area contributed by atoms with Gasteiger partial charge in [0.05, 0.1) is 16.0 Å². The highest BCUT2D eigenvalue weighted by Gasteiger charge is 2.49. The lowest BCUT2D eigenvalue weighted by molar-refractivity contribution is -0.127. The molecule has 0 atom stereocenters. The van der Waals surface area contributed by atoms with Crippen molar-refractivity contribution >= 4 is 21.4 Å². The van der Waals surface area contributed by atoms with E-state index in [1.807, 2.05) is 51.1 Å². The van der Waals surface area contributed by atoms with E-state index in [2.05, 4.69) is 20.8 Å². The smallest absolute Gasteiger partial charge is 0.236 e. The van der Waals surface area contributed by atoms with Crippen molar-refractivity contribution in [3.8, 4) is 5.75 Å². The Labute approximate surface area is 204 Å². The zero-order valence-corrected chi connectivity index (χ0v) is 22.1. The number of sulfone groups is 1. The van der Waals surface area contributed by atoms with Crippen LogP contribution in [0.15, 0.2) is 47.4 Å². The summed E-state index contributed by atoms with van der Waals surface area (Å²) in [6.07, 6.45) is 2.89. The number of fused-ring (bicyclic) bond motifs is 1. The fourth-order valence-electron chi connectivity index (χ4n) is 5.26. The number of amides is 1. The van der Waals surface area contributed by atoms with Crippen LogP contribution in [0.2, 0.25) is 0 Å². The number of anilines is 1. The third kappa shape index (κ3) is 3.94. The van der Waals surface area contributed by atoms with Crippen molar-refractivity contribution in [3.63, 3.8) is 0 Å². The number of nitrogens with zero attached hydrogens (tertiary/aromatic N) is 1. The molecule has 1 saturated carbocycles. The lowest BCUT2D eigenvalue weighted by Gasteiger charge is -2.31. The standard InChI is InChI=1S/C28H37NO4S/c1-7-29-23-15-12-21(18-24(23)33-19-27(5,6)25(29)30)28(16-8-9-17-28)34(31,32)22-13-10-20(11-14-22)26(2,3)4/h10-15,18H,7-9,16-17,19H2,1-6H3. The van der Waals surface area contributed by atoms with Crippen LogP contribution in [0.3, 0.4) is 0 Å². The van der Waals surface area contributed by atoms with E-state index < -0.39 is 20.0 Å². The first-order chi connectivity index (χ1) is 15.8. The van der Waals surface area contributed by atoms with Crippen molar-refractivity contribution < 1.29 is 17.9 Å². The van der Waals surface area contributed by atoms with Crippen LogP contribution < -0.4 is 9.64 Å². The Balaban J connectivity index is 1.80. The minimum absolute atomic E-state index is 0.0173. The van der Waals surface area contributed by atoms with Gasteiger partial charge in [-0.05, 0) is 74.4 Å². The zero-order chi connectivity index (χ0) is 24.9. The molecule has 0 radical (unpaired) electrons. The topological polar surface area (TPSA) is 63.7 Å². The van der Waals surface area contributed by atoms with Crippen LogP contribution in [-0.2, 0) is 24.8 Å². The molecule has 1 amide bonds. The molecule has 0 unspecified atom stereocenters. The van der Waals surface area contributed by atoms with Crippen molar-refractivity contribution in [2.45, 2.75) is 82.3 Å². The summed E-state index contributed by atoms with van der Waals surface area (Å²) in [5.74, 6) is 0.603. The minimum Gasteiger partial charge on any atom is -0.490 e. The van der Waals surface area contributed by atoms with Crippen molar-refractivity contribution in [1.82, 2.24) is 0 Å². The number of rotatable bonds is 4. The van der Waals surface area contributed by atoms with Gasteiger partial charge in [-0.25, -0.2) is 8.42 Å². The van der Waals surface area contributed by atoms with Gasteiger partial charge >= 0.3 is 0 Å². The summed E-state index contributed by atoms with van der Waals surface area (Å²) in [4.78, 5) is 15.2. The van der Waals surface area contributed by atoms with Crippen LogP contribution in [0.1, 0.15) is 78.4 Å². The highest BCUT2D eigenvalue weighted by atomic mass is 32.2. The number of ether oxygens (including phenoxy) is 1. The Morgan fingerprint density at radius 3 is 2.18 bits per heavy atom. The van der Waals surface area contributed by atoms with E-state index in [0.29, 0.717) is 35.7 Å². The fraction of sp³-hybridized carbons (Fsp3) is 0.536. The Morgan fingerprint density at radius 2 is 1.62 bits per heavy atom. The largest absolute Gasteiger partial charge is 0.490 e. The van der Waals surface area contributed by atoms with E-state index >= 15 is 0 Å². The van der Waals surface area contributed by atoms with Gasteiger partial charge in [0, 0.05) is 6.54 Å². The summed E-state index contributed by atoms with van der Waals surface area (Å²) >= 11 is 0. The molecule has 4 rings (SSSR count).